The lowest BCUT2D eigenvalue weighted by molar-refractivity contribution is 1.22. The van der Waals surface area contributed by atoms with E-state index < -0.39 is 0 Å². The van der Waals surface area contributed by atoms with Crippen LogP contribution in [-0.2, 0) is 0 Å². The number of hydrogen-bond donors (Lipinski definition) is 1. The van der Waals surface area contributed by atoms with Gasteiger partial charge in [0.1, 0.15) is 5.69 Å². The summed E-state index contributed by atoms with van der Waals surface area (Å²) >= 11 is 3.46. The van der Waals surface area contributed by atoms with Crippen LogP contribution in [0, 0.1) is 0 Å². The lowest BCUT2D eigenvalue weighted by atomic mass is 10.1. The second-order valence-electron chi connectivity index (χ2n) is 5.70. The maximum Gasteiger partial charge on any atom is 0.173 e. The van der Waals surface area contributed by atoms with Crippen molar-refractivity contribution in [2.24, 2.45) is 5.10 Å². The molecule has 0 aliphatic heterocycles. The summed E-state index contributed by atoms with van der Waals surface area (Å²) in [6, 6.07) is 25.7. The average molecular weight is 403 g/mol. The second kappa shape index (κ2) is 7.45. The van der Waals surface area contributed by atoms with Crippen LogP contribution in [0.2, 0.25) is 0 Å². The van der Waals surface area contributed by atoms with E-state index in [9.17, 15) is 0 Å². The normalized spacial score (nSPS) is 11.1. The highest BCUT2D eigenvalue weighted by molar-refractivity contribution is 9.10. The molecule has 4 aromatic rings. The Kier molecular flexibility index (Phi) is 4.71. The number of fused-ring (bicyclic) bond motifs is 1. The topological polar surface area (TPSA) is 50.2 Å². The summed E-state index contributed by atoms with van der Waals surface area (Å²) in [4.78, 5) is 9.48. The van der Waals surface area contributed by atoms with Gasteiger partial charge in [0, 0.05) is 10.0 Å². The summed E-state index contributed by atoms with van der Waals surface area (Å²) in [5.74, 6) is 0.626. The van der Waals surface area contributed by atoms with E-state index >= 15 is 0 Å². The molecule has 0 aliphatic rings. The number of hydrogen-bond acceptors (Lipinski definition) is 4. The van der Waals surface area contributed by atoms with Crippen LogP contribution in [-0.4, -0.2) is 16.2 Å². The molecule has 4 rings (SSSR count). The molecule has 0 amide bonds. The maximum atomic E-state index is 4.78. The van der Waals surface area contributed by atoms with Gasteiger partial charge in [0.15, 0.2) is 5.82 Å². The Morgan fingerprint density at radius 3 is 2.31 bits per heavy atom. The first-order valence-corrected chi connectivity index (χ1v) is 8.96. The van der Waals surface area contributed by atoms with Gasteiger partial charge in [-0.2, -0.15) is 5.10 Å². The fourth-order valence-electron chi connectivity index (χ4n) is 2.63. The van der Waals surface area contributed by atoms with Gasteiger partial charge in [0.05, 0.1) is 17.2 Å². The van der Waals surface area contributed by atoms with E-state index in [-0.39, 0.29) is 0 Å². The molecule has 26 heavy (non-hydrogen) atoms. The molecule has 1 N–H and O–H groups in total. The van der Waals surface area contributed by atoms with Crippen molar-refractivity contribution >= 4 is 39.0 Å². The summed E-state index contributed by atoms with van der Waals surface area (Å²) in [7, 11) is 0. The number of para-hydroxylation sites is 2. The predicted molar refractivity (Wildman–Crippen MR) is 110 cm³/mol. The number of aromatic nitrogens is 2. The Bertz CT molecular complexity index is 1080. The van der Waals surface area contributed by atoms with Crippen LogP contribution in [0.3, 0.4) is 0 Å². The highest BCUT2D eigenvalue weighted by atomic mass is 79.9. The van der Waals surface area contributed by atoms with Crippen molar-refractivity contribution in [2.75, 3.05) is 5.43 Å². The zero-order valence-electron chi connectivity index (χ0n) is 13.8. The van der Waals surface area contributed by atoms with Crippen molar-refractivity contribution in [1.82, 2.24) is 9.97 Å². The van der Waals surface area contributed by atoms with Gasteiger partial charge in [-0.15, -0.1) is 0 Å². The van der Waals surface area contributed by atoms with Crippen LogP contribution < -0.4 is 5.43 Å². The Morgan fingerprint density at radius 2 is 1.54 bits per heavy atom. The predicted octanol–water partition coefficient (Wildman–Crippen LogP) is 5.51. The van der Waals surface area contributed by atoms with E-state index in [0.29, 0.717) is 5.82 Å². The minimum atomic E-state index is 0.626. The summed E-state index contributed by atoms with van der Waals surface area (Å²) in [5, 5.41) is 4.35. The second-order valence-corrected chi connectivity index (χ2v) is 6.62. The zero-order chi connectivity index (χ0) is 17.8. The SMILES string of the molecule is Brc1cccc(/C=N/Nc2nc3ccccc3nc2-c2ccccc2)c1. The Labute approximate surface area is 159 Å². The quantitative estimate of drug-likeness (QED) is 0.361. The van der Waals surface area contributed by atoms with Crippen LogP contribution in [0.25, 0.3) is 22.3 Å². The molecule has 4 nitrogen and oxygen atoms in total. The first-order chi connectivity index (χ1) is 12.8. The smallest absolute Gasteiger partial charge is 0.173 e. The van der Waals surface area contributed by atoms with Gasteiger partial charge in [-0.1, -0.05) is 70.5 Å². The average Bonchev–Trinajstić information content (AvgIpc) is 2.68. The summed E-state index contributed by atoms with van der Waals surface area (Å²) < 4.78 is 1.01. The highest BCUT2D eigenvalue weighted by Crippen LogP contribution is 2.26. The minimum Gasteiger partial charge on any atom is -0.260 e. The van der Waals surface area contributed by atoms with Crippen molar-refractivity contribution in [3.8, 4) is 11.3 Å². The standard InChI is InChI=1S/C21H15BrN4/c22-17-10-6-7-15(13-17)14-23-26-21-20(16-8-2-1-3-9-16)24-18-11-4-5-12-19(18)25-21/h1-14H,(H,25,26)/b23-14+. The van der Waals surface area contributed by atoms with Gasteiger partial charge >= 0.3 is 0 Å². The molecule has 1 heterocycles. The third-order valence-electron chi connectivity index (χ3n) is 3.85. The number of nitrogens with one attached hydrogen (secondary N) is 1. The summed E-state index contributed by atoms with van der Waals surface area (Å²) in [5.41, 5.74) is 7.49. The molecular weight excluding hydrogens is 388 g/mol. The maximum absolute atomic E-state index is 4.78. The molecule has 0 fully saturated rings. The largest absolute Gasteiger partial charge is 0.260 e. The molecule has 126 valence electrons. The number of anilines is 1. The number of hydrazone groups is 1. The Balaban J connectivity index is 1.73. The molecule has 0 atom stereocenters. The number of nitrogens with zero attached hydrogens (tertiary/aromatic N) is 3. The van der Waals surface area contributed by atoms with Crippen molar-refractivity contribution < 1.29 is 0 Å². The number of benzene rings is 3. The molecule has 0 aliphatic carbocycles. The molecule has 5 heteroatoms. The van der Waals surface area contributed by atoms with Crippen LogP contribution in [0.5, 0.6) is 0 Å². The lowest BCUT2D eigenvalue weighted by Gasteiger charge is -2.09. The van der Waals surface area contributed by atoms with Gasteiger partial charge in [-0.25, -0.2) is 9.97 Å². The fraction of sp³-hybridized carbons (Fsp3) is 0. The van der Waals surface area contributed by atoms with E-state index in [1.807, 2.05) is 78.9 Å². The summed E-state index contributed by atoms with van der Waals surface area (Å²) in [6.07, 6.45) is 1.76. The van der Waals surface area contributed by atoms with E-state index in [4.69, 9.17) is 9.97 Å². The van der Waals surface area contributed by atoms with Gasteiger partial charge < -0.3 is 0 Å². The fourth-order valence-corrected chi connectivity index (χ4v) is 3.05. The molecule has 0 unspecified atom stereocenters. The van der Waals surface area contributed by atoms with Crippen molar-refractivity contribution in [2.45, 2.75) is 0 Å². The van der Waals surface area contributed by atoms with Crippen molar-refractivity contribution in [1.29, 1.82) is 0 Å². The lowest BCUT2D eigenvalue weighted by Crippen LogP contribution is -2.00. The third kappa shape index (κ3) is 3.63. The number of halogens is 1. The molecule has 0 spiro atoms. The molecule has 3 aromatic carbocycles. The minimum absolute atomic E-state index is 0.626. The third-order valence-corrected chi connectivity index (χ3v) is 4.34. The molecule has 0 saturated heterocycles. The monoisotopic (exact) mass is 402 g/mol. The number of rotatable bonds is 4. The van der Waals surface area contributed by atoms with Crippen molar-refractivity contribution in [3.63, 3.8) is 0 Å². The first-order valence-electron chi connectivity index (χ1n) is 8.16. The van der Waals surface area contributed by atoms with Gasteiger partial charge in [-0.3, -0.25) is 5.43 Å². The highest BCUT2D eigenvalue weighted by Gasteiger charge is 2.10. The molecule has 1 aromatic heterocycles. The molecule has 0 bridgehead atoms. The molecule has 0 radical (unpaired) electrons. The Morgan fingerprint density at radius 1 is 0.808 bits per heavy atom. The first kappa shape index (κ1) is 16.4. The van der Waals surface area contributed by atoms with E-state index in [1.165, 1.54) is 0 Å². The van der Waals surface area contributed by atoms with E-state index in [2.05, 4.69) is 26.5 Å². The van der Waals surface area contributed by atoms with Crippen LogP contribution in [0.15, 0.2) is 88.4 Å². The molecule has 0 saturated carbocycles. The van der Waals surface area contributed by atoms with Gasteiger partial charge in [0.25, 0.3) is 0 Å². The molecular formula is C21H15BrN4. The Hall–Kier alpha value is -3.05. The van der Waals surface area contributed by atoms with Gasteiger partial charge in [0.2, 0.25) is 0 Å². The van der Waals surface area contributed by atoms with E-state index in [0.717, 1.165) is 32.3 Å². The zero-order valence-corrected chi connectivity index (χ0v) is 15.4. The van der Waals surface area contributed by atoms with Crippen molar-refractivity contribution in [3.05, 3.63) is 88.9 Å². The van der Waals surface area contributed by atoms with Crippen LogP contribution >= 0.6 is 15.9 Å². The summed E-state index contributed by atoms with van der Waals surface area (Å²) in [6.45, 7) is 0. The van der Waals surface area contributed by atoms with E-state index in [1.54, 1.807) is 6.21 Å². The van der Waals surface area contributed by atoms with Crippen LogP contribution in [0.1, 0.15) is 5.56 Å². The van der Waals surface area contributed by atoms with Gasteiger partial charge in [-0.05, 0) is 29.8 Å². The van der Waals surface area contributed by atoms with Crippen LogP contribution in [0.4, 0.5) is 5.82 Å².